The summed E-state index contributed by atoms with van der Waals surface area (Å²) in [5.74, 6) is 0. The second kappa shape index (κ2) is 13.2. The SMILES string of the molecule is Cc1cc(N(c2ccccc2)c2cccc3c2oc2ccccc23)c2c3ccccc3c3c(C)cc(N(c4ccccc4)c4cccc5c4oc4ccccc45)c4ccc1c2c43. The standard InChI is InChI=1S/C58H38N2O2/c1-35-33-50(60(38-19-7-4-8-20-38)48-28-16-26-45-41-22-12-14-30-52(41)62-58(45)48)54-43-24-10-9-23-42(43)53-36(2)34-49(46-32-31-39(35)55(54)56(46)53)59(37-17-5-3-6-18-37)47-27-15-25-44-40-21-11-13-29-51(40)61-57(44)47/h3-34H,1-2H3. The van der Waals surface area contributed by atoms with E-state index in [2.05, 4.69) is 206 Å². The molecule has 0 aliphatic heterocycles. The van der Waals surface area contributed by atoms with Crippen LogP contribution in [0.2, 0.25) is 0 Å². The van der Waals surface area contributed by atoms with Gasteiger partial charge in [-0.15, -0.1) is 0 Å². The number of para-hydroxylation sites is 6. The van der Waals surface area contributed by atoms with Gasteiger partial charge in [0.2, 0.25) is 0 Å². The number of benzene rings is 11. The first-order chi connectivity index (χ1) is 30.6. The summed E-state index contributed by atoms with van der Waals surface area (Å²) in [6, 6.07) is 69.6. The van der Waals surface area contributed by atoms with Crippen LogP contribution in [-0.4, -0.2) is 0 Å². The zero-order valence-corrected chi connectivity index (χ0v) is 34.2. The molecular weight excluding hydrogens is 757 g/mol. The van der Waals surface area contributed by atoms with E-state index in [9.17, 15) is 0 Å². The van der Waals surface area contributed by atoms with Gasteiger partial charge < -0.3 is 18.6 Å². The Balaban J connectivity index is 1.18. The zero-order chi connectivity index (χ0) is 41.1. The Morgan fingerprint density at radius 1 is 0.290 bits per heavy atom. The number of fused-ring (bicyclic) bond motifs is 9. The van der Waals surface area contributed by atoms with Gasteiger partial charge in [0.15, 0.2) is 11.2 Å². The van der Waals surface area contributed by atoms with Gasteiger partial charge >= 0.3 is 0 Å². The predicted molar refractivity (Wildman–Crippen MR) is 261 cm³/mol. The lowest BCUT2D eigenvalue weighted by Crippen LogP contribution is -2.12. The van der Waals surface area contributed by atoms with E-state index in [4.69, 9.17) is 8.83 Å². The molecule has 0 bridgehead atoms. The van der Waals surface area contributed by atoms with Crippen molar-refractivity contribution in [2.75, 3.05) is 9.80 Å². The van der Waals surface area contributed by atoms with Gasteiger partial charge in [0.25, 0.3) is 0 Å². The quantitative estimate of drug-likeness (QED) is 0.124. The minimum atomic E-state index is 0.863. The van der Waals surface area contributed by atoms with E-state index in [1.807, 2.05) is 12.1 Å². The highest BCUT2D eigenvalue weighted by molar-refractivity contribution is 6.39. The maximum absolute atomic E-state index is 6.79. The van der Waals surface area contributed by atoms with E-state index in [1.54, 1.807) is 0 Å². The van der Waals surface area contributed by atoms with E-state index in [1.165, 1.54) is 54.2 Å². The van der Waals surface area contributed by atoms with Crippen molar-refractivity contribution in [3.8, 4) is 0 Å². The topological polar surface area (TPSA) is 32.8 Å². The average Bonchev–Trinajstić information content (AvgIpc) is 3.90. The smallest absolute Gasteiger partial charge is 0.159 e. The van der Waals surface area contributed by atoms with Crippen molar-refractivity contribution >= 4 is 121 Å². The second-order valence-corrected chi connectivity index (χ2v) is 16.5. The van der Waals surface area contributed by atoms with Crippen LogP contribution in [-0.2, 0) is 0 Å². The van der Waals surface area contributed by atoms with E-state index in [0.717, 1.165) is 78.0 Å². The van der Waals surface area contributed by atoms with E-state index in [-0.39, 0.29) is 0 Å². The van der Waals surface area contributed by atoms with Gasteiger partial charge in [-0.25, -0.2) is 0 Å². The van der Waals surface area contributed by atoms with Gasteiger partial charge in [0.05, 0.1) is 22.7 Å². The number of furan rings is 2. The van der Waals surface area contributed by atoms with Crippen molar-refractivity contribution in [3.63, 3.8) is 0 Å². The Hall–Kier alpha value is -8.08. The molecule has 0 saturated heterocycles. The summed E-state index contributed by atoms with van der Waals surface area (Å²) in [6.45, 7) is 4.54. The Morgan fingerprint density at radius 2 is 0.726 bits per heavy atom. The maximum atomic E-state index is 6.79. The number of hydrogen-bond acceptors (Lipinski definition) is 4. The largest absolute Gasteiger partial charge is 0.454 e. The van der Waals surface area contributed by atoms with E-state index in [0.29, 0.717) is 0 Å². The van der Waals surface area contributed by atoms with Crippen LogP contribution < -0.4 is 9.80 Å². The molecule has 62 heavy (non-hydrogen) atoms. The molecule has 2 aromatic heterocycles. The molecule has 11 aromatic carbocycles. The third kappa shape index (κ3) is 4.89. The maximum Gasteiger partial charge on any atom is 0.159 e. The summed E-state index contributed by atoms with van der Waals surface area (Å²) in [4.78, 5) is 4.82. The van der Waals surface area contributed by atoms with E-state index < -0.39 is 0 Å². The molecular formula is C58H38N2O2. The molecule has 13 rings (SSSR count). The van der Waals surface area contributed by atoms with Gasteiger partial charge in [-0.3, -0.25) is 0 Å². The van der Waals surface area contributed by atoms with Gasteiger partial charge in [-0.2, -0.15) is 0 Å². The first-order valence-electron chi connectivity index (χ1n) is 21.3. The lowest BCUT2D eigenvalue weighted by atomic mass is 9.84. The summed E-state index contributed by atoms with van der Waals surface area (Å²) in [5.41, 5.74) is 12.2. The molecule has 0 unspecified atom stereocenters. The fourth-order valence-corrected chi connectivity index (χ4v) is 10.4. The molecule has 13 aromatic rings. The van der Waals surface area contributed by atoms with Crippen molar-refractivity contribution in [2.45, 2.75) is 13.8 Å². The summed E-state index contributed by atoms with van der Waals surface area (Å²) in [5, 5.41) is 14.3. The molecule has 0 N–H and O–H groups in total. The molecule has 292 valence electrons. The molecule has 2 heterocycles. The second-order valence-electron chi connectivity index (χ2n) is 16.5. The lowest BCUT2D eigenvalue weighted by Gasteiger charge is -2.31. The molecule has 0 aliphatic carbocycles. The highest BCUT2D eigenvalue weighted by Crippen LogP contribution is 2.54. The average molecular weight is 795 g/mol. The molecule has 0 saturated carbocycles. The third-order valence-electron chi connectivity index (χ3n) is 13.0. The summed E-state index contributed by atoms with van der Waals surface area (Å²) >= 11 is 0. The number of hydrogen-bond donors (Lipinski definition) is 0. The number of anilines is 6. The van der Waals surface area contributed by atoms with Crippen LogP contribution in [0.4, 0.5) is 34.1 Å². The third-order valence-corrected chi connectivity index (χ3v) is 13.0. The molecule has 0 amide bonds. The van der Waals surface area contributed by atoms with Crippen LogP contribution in [0, 0.1) is 13.8 Å². The molecule has 0 spiro atoms. The van der Waals surface area contributed by atoms with Crippen LogP contribution in [0.1, 0.15) is 11.1 Å². The highest BCUT2D eigenvalue weighted by Gasteiger charge is 2.28. The van der Waals surface area contributed by atoms with Crippen molar-refractivity contribution in [1.82, 2.24) is 0 Å². The fraction of sp³-hybridized carbons (Fsp3) is 0.0345. The molecule has 0 fully saturated rings. The molecule has 4 nitrogen and oxygen atoms in total. The van der Waals surface area contributed by atoms with Gasteiger partial charge in [-0.05, 0) is 107 Å². The molecule has 0 radical (unpaired) electrons. The summed E-state index contributed by atoms with van der Waals surface area (Å²) in [6.07, 6.45) is 0. The predicted octanol–water partition coefficient (Wildman–Crippen LogP) is 17.1. The number of aryl methyl sites for hydroxylation is 2. The van der Waals surface area contributed by atoms with Crippen molar-refractivity contribution in [2.24, 2.45) is 0 Å². The molecule has 0 aliphatic rings. The molecule has 0 atom stereocenters. The lowest BCUT2D eigenvalue weighted by molar-refractivity contribution is 0.669. The van der Waals surface area contributed by atoms with Crippen molar-refractivity contribution < 1.29 is 8.83 Å². The summed E-state index contributed by atoms with van der Waals surface area (Å²) < 4.78 is 13.5. The van der Waals surface area contributed by atoms with Crippen LogP contribution in [0.15, 0.2) is 203 Å². The number of rotatable bonds is 6. The van der Waals surface area contributed by atoms with E-state index >= 15 is 0 Å². The Bertz CT molecular complexity index is 3900. The monoisotopic (exact) mass is 794 g/mol. The minimum absolute atomic E-state index is 0.863. The number of nitrogens with zero attached hydrogens (tertiary/aromatic N) is 2. The van der Waals surface area contributed by atoms with Gasteiger partial charge in [0, 0.05) is 54.5 Å². The first-order valence-corrected chi connectivity index (χ1v) is 21.3. The van der Waals surface area contributed by atoms with Gasteiger partial charge in [-0.1, -0.05) is 133 Å². The fourth-order valence-electron chi connectivity index (χ4n) is 10.4. The van der Waals surface area contributed by atoms with Crippen LogP contribution in [0.3, 0.4) is 0 Å². The Morgan fingerprint density at radius 3 is 1.31 bits per heavy atom. The van der Waals surface area contributed by atoms with Crippen LogP contribution >= 0.6 is 0 Å². The van der Waals surface area contributed by atoms with Crippen molar-refractivity contribution in [1.29, 1.82) is 0 Å². The highest BCUT2D eigenvalue weighted by atomic mass is 16.3. The summed E-state index contributed by atoms with van der Waals surface area (Å²) in [7, 11) is 0. The molecule has 4 heteroatoms. The zero-order valence-electron chi connectivity index (χ0n) is 34.2. The first kappa shape index (κ1) is 34.8. The van der Waals surface area contributed by atoms with Crippen LogP contribution in [0.25, 0.3) is 87.0 Å². The normalized spacial score (nSPS) is 12.0. The minimum Gasteiger partial charge on any atom is -0.454 e. The van der Waals surface area contributed by atoms with Gasteiger partial charge in [0.1, 0.15) is 11.2 Å². The Labute approximate surface area is 357 Å². The van der Waals surface area contributed by atoms with Crippen molar-refractivity contribution in [3.05, 3.63) is 205 Å². The van der Waals surface area contributed by atoms with Crippen LogP contribution in [0.5, 0.6) is 0 Å². The Kier molecular flexibility index (Phi) is 7.40.